The number of ether oxygens (including phenoxy) is 3. The first-order valence-corrected chi connectivity index (χ1v) is 8.37. The molecule has 0 aliphatic carbocycles. The molecule has 10 nitrogen and oxygen atoms in total. The van der Waals surface area contributed by atoms with Crippen LogP contribution in [0.4, 0.5) is 16.2 Å². The van der Waals surface area contributed by atoms with Crippen molar-refractivity contribution in [1.82, 2.24) is 5.32 Å². The number of hydrogen-bond acceptors (Lipinski definition) is 7. The molecule has 28 heavy (non-hydrogen) atoms. The van der Waals surface area contributed by atoms with Gasteiger partial charge in [0.15, 0.2) is 18.1 Å². The van der Waals surface area contributed by atoms with Gasteiger partial charge in [-0.2, -0.15) is 0 Å². The SMILES string of the molecule is O=C(COc1ccc([N+](=O)[O-])cc1Cl)NC(=O)Nc1ccc2c(c1)OCCO2. The van der Waals surface area contributed by atoms with Gasteiger partial charge >= 0.3 is 6.03 Å². The smallest absolute Gasteiger partial charge is 0.325 e. The molecule has 1 heterocycles. The van der Waals surface area contributed by atoms with E-state index in [1.165, 1.54) is 12.1 Å². The van der Waals surface area contributed by atoms with Crippen LogP contribution in [0.15, 0.2) is 36.4 Å². The number of benzene rings is 2. The van der Waals surface area contributed by atoms with Gasteiger partial charge in [-0.05, 0) is 18.2 Å². The molecule has 0 unspecified atom stereocenters. The number of nitro benzene ring substituents is 1. The van der Waals surface area contributed by atoms with Crippen molar-refractivity contribution in [1.29, 1.82) is 0 Å². The first-order valence-electron chi connectivity index (χ1n) is 7.99. The Balaban J connectivity index is 1.51. The molecule has 2 N–H and O–H groups in total. The fourth-order valence-corrected chi connectivity index (χ4v) is 2.54. The highest BCUT2D eigenvalue weighted by atomic mass is 35.5. The molecule has 0 saturated carbocycles. The fourth-order valence-electron chi connectivity index (χ4n) is 2.31. The van der Waals surface area contributed by atoms with Crippen LogP contribution in [0.5, 0.6) is 17.2 Å². The summed E-state index contributed by atoms with van der Waals surface area (Å²) in [5, 5.41) is 15.2. The standard InChI is InChI=1S/C17H14ClN3O7/c18-12-8-11(21(24)25)2-4-13(12)28-9-16(22)20-17(23)19-10-1-3-14-15(7-10)27-6-5-26-14/h1-4,7-8H,5-6,9H2,(H2,19,20,22,23). The number of amides is 3. The number of nitro groups is 1. The van der Waals surface area contributed by atoms with E-state index in [0.717, 1.165) is 6.07 Å². The summed E-state index contributed by atoms with van der Waals surface area (Å²) in [6.07, 6.45) is 0. The molecule has 1 aliphatic rings. The molecule has 2 aromatic rings. The number of carbonyl (C=O) groups excluding carboxylic acids is 2. The third kappa shape index (κ3) is 4.80. The van der Waals surface area contributed by atoms with E-state index in [1.807, 2.05) is 0 Å². The van der Waals surface area contributed by atoms with Gasteiger partial charge in [0.05, 0.1) is 9.95 Å². The lowest BCUT2D eigenvalue weighted by atomic mass is 10.2. The number of fused-ring (bicyclic) bond motifs is 1. The number of halogens is 1. The number of imide groups is 1. The highest BCUT2D eigenvalue weighted by molar-refractivity contribution is 6.32. The van der Waals surface area contributed by atoms with Crippen LogP contribution < -0.4 is 24.8 Å². The molecule has 2 aromatic carbocycles. The Morgan fingerprint density at radius 3 is 2.61 bits per heavy atom. The highest BCUT2D eigenvalue weighted by Gasteiger charge is 2.15. The van der Waals surface area contributed by atoms with Crippen molar-refractivity contribution in [2.24, 2.45) is 0 Å². The van der Waals surface area contributed by atoms with Crippen LogP contribution in [0.3, 0.4) is 0 Å². The van der Waals surface area contributed by atoms with Crippen molar-refractivity contribution < 1.29 is 28.7 Å². The summed E-state index contributed by atoms with van der Waals surface area (Å²) in [6.45, 7) is 0.351. The van der Waals surface area contributed by atoms with E-state index < -0.39 is 23.5 Å². The Bertz CT molecular complexity index is 935. The topological polar surface area (TPSA) is 129 Å². The summed E-state index contributed by atoms with van der Waals surface area (Å²) in [7, 11) is 0. The van der Waals surface area contributed by atoms with Crippen LogP contribution in [-0.2, 0) is 4.79 Å². The van der Waals surface area contributed by atoms with E-state index in [1.54, 1.807) is 18.2 Å². The van der Waals surface area contributed by atoms with Gasteiger partial charge in [-0.3, -0.25) is 20.2 Å². The molecule has 3 rings (SSSR count). The largest absolute Gasteiger partial charge is 0.486 e. The summed E-state index contributed by atoms with van der Waals surface area (Å²) >= 11 is 5.87. The number of nitrogens with zero attached hydrogens (tertiary/aromatic N) is 1. The minimum absolute atomic E-state index is 0.0253. The number of carbonyl (C=O) groups is 2. The van der Waals surface area contributed by atoms with Gasteiger partial charge in [-0.1, -0.05) is 11.6 Å². The van der Waals surface area contributed by atoms with Crippen molar-refractivity contribution in [3.05, 3.63) is 51.5 Å². The van der Waals surface area contributed by atoms with Crippen LogP contribution >= 0.6 is 11.6 Å². The Kier molecular flexibility index (Phi) is 5.80. The number of nitrogens with one attached hydrogen (secondary N) is 2. The lowest BCUT2D eigenvalue weighted by molar-refractivity contribution is -0.384. The number of urea groups is 1. The van der Waals surface area contributed by atoms with Crippen LogP contribution in [0, 0.1) is 10.1 Å². The van der Waals surface area contributed by atoms with Crippen molar-refractivity contribution in [2.45, 2.75) is 0 Å². The molecule has 11 heteroatoms. The zero-order valence-corrected chi connectivity index (χ0v) is 15.0. The highest BCUT2D eigenvalue weighted by Crippen LogP contribution is 2.32. The summed E-state index contributed by atoms with van der Waals surface area (Å²) < 4.78 is 16.0. The molecular formula is C17H14ClN3O7. The molecule has 0 fully saturated rings. The Morgan fingerprint density at radius 1 is 1.14 bits per heavy atom. The molecule has 0 saturated heterocycles. The van der Waals surface area contributed by atoms with Crippen LogP contribution in [0.1, 0.15) is 0 Å². The second-order valence-electron chi connectivity index (χ2n) is 5.52. The average molecular weight is 408 g/mol. The van der Waals surface area contributed by atoms with Crippen molar-refractivity contribution in [3.8, 4) is 17.2 Å². The fraction of sp³-hybridized carbons (Fsp3) is 0.176. The van der Waals surface area contributed by atoms with Crippen LogP contribution in [-0.4, -0.2) is 36.7 Å². The molecule has 1 aliphatic heterocycles. The lowest BCUT2D eigenvalue weighted by Crippen LogP contribution is -2.37. The molecular weight excluding hydrogens is 394 g/mol. The molecule has 146 valence electrons. The van der Waals surface area contributed by atoms with E-state index in [9.17, 15) is 19.7 Å². The van der Waals surface area contributed by atoms with E-state index in [2.05, 4.69) is 10.6 Å². The first kappa shape index (κ1) is 19.2. The molecule has 0 atom stereocenters. The Labute approximate surface area is 163 Å². The number of anilines is 1. The van der Waals surface area contributed by atoms with E-state index in [0.29, 0.717) is 30.4 Å². The van der Waals surface area contributed by atoms with Gasteiger partial charge in [0.1, 0.15) is 19.0 Å². The van der Waals surface area contributed by atoms with Crippen molar-refractivity contribution >= 4 is 34.9 Å². The van der Waals surface area contributed by atoms with Crippen LogP contribution in [0.2, 0.25) is 5.02 Å². The van der Waals surface area contributed by atoms with E-state index >= 15 is 0 Å². The monoisotopic (exact) mass is 407 g/mol. The summed E-state index contributed by atoms with van der Waals surface area (Å²) in [5.41, 5.74) is 0.203. The molecule has 0 radical (unpaired) electrons. The minimum Gasteiger partial charge on any atom is -0.486 e. The van der Waals surface area contributed by atoms with Crippen molar-refractivity contribution in [2.75, 3.05) is 25.1 Å². The molecule has 0 aromatic heterocycles. The van der Waals surface area contributed by atoms with Gasteiger partial charge in [-0.25, -0.2) is 4.79 Å². The quantitative estimate of drug-likeness (QED) is 0.575. The predicted molar refractivity (Wildman–Crippen MR) is 98.2 cm³/mol. The van der Waals surface area contributed by atoms with Gasteiger partial charge in [0, 0.05) is 23.9 Å². The van der Waals surface area contributed by atoms with Crippen molar-refractivity contribution in [3.63, 3.8) is 0 Å². The van der Waals surface area contributed by atoms with Gasteiger partial charge < -0.3 is 19.5 Å². The summed E-state index contributed by atoms with van der Waals surface area (Å²) in [6, 6.07) is 7.61. The number of rotatable bonds is 5. The lowest BCUT2D eigenvalue weighted by Gasteiger charge is -2.19. The van der Waals surface area contributed by atoms with E-state index in [4.69, 9.17) is 25.8 Å². The Morgan fingerprint density at radius 2 is 1.89 bits per heavy atom. The maximum Gasteiger partial charge on any atom is 0.325 e. The summed E-state index contributed by atoms with van der Waals surface area (Å²) in [5.74, 6) is 0.410. The Hall–Kier alpha value is -3.53. The minimum atomic E-state index is -0.764. The third-order valence-electron chi connectivity index (χ3n) is 3.54. The maximum atomic E-state index is 11.9. The predicted octanol–water partition coefficient (Wildman–Crippen LogP) is 2.75. The maximum absolute atomic E-state index is 11.9. The number of hydrogen-bond donors (Lipinski definition) is 2. The molecule has 3 amide bonds. The zero-order chi connectivity index (χ0) is 20.1. The van der Waals surface area contributed by atoms with Gasteiger partial charge in [-0.15, -0.1) is 0 Å². The van der Waals surface area contributed by atoms with Gasteiger partial charge in [0.2, 0.25) is 0 Å². The zero-order valence-electron chi connectivity index (χ0n) is 14.3. The second-order valence-corrected chi connectivity index (χ2v) is 5.93. The van der Waals surface area contributed by atoms with Crippen LogP contribution in [0.25, 0.3) is 0 Å². The molecule has 0 bridgehead atoms. The number of non-ortho nitro benzene ring substituents is 1. The van der Waals surface area contributed by atoms with E-state index in [-0.39, 0.29) is 16.5 Å². The average Bonchev–Trinajstić information content (AvgIpc) is 2.66. The molecule has 0 spiro atoms. The first-order chi connectivity index (χ1) is 13.4. The summed E-state index contributed by atoms with van der Waals surface area (Å²) in [4.78, 5) is 33.8. The normalized spacial score (nSPS) is 12.0. The van der Waals surface area contributed by atoms with Gasteiger partial charge in [0.25, 0.3) is 11.6 Å². The second kappa shape index (κ2) is 8.44. The third-order valence-corrected chi connectivity index (χ3v) is 3.83.